The fraction of sp³-hybridized carbons (Fsp3) is 0.250. The largest absolute Gasteiger partial charge is 0.497 e. The standard InChI is InChI=1S/C20H21FN4O2S/c1-24(12-14-8-10-15(27-3)11-9-14)18(26)13-28-20-23-22-19(25(20)2)16-6-4-5-7-17(16)21/h4-11H,12-13H2,1-3H3. The third-order valence-corrected chi connectivity index (χ3v) is 5.28. The summed E-state index contributed by atoms with van der Waals surface area (Å²) in [6.45, 7) is 0.503. The third-order valence-electron chi connectivity index (χ3n) is 4.28. The quantitative estimate of drug-likeness (QED) is 0.569. The summed E-state index contributed by atoms with van der Waals surface area (Å²) >= 11 is 1.28. The van der Waals surface area contributed by atoms with Crippen molar-refractivity contribution in [2.45, 2.75) is 11.7 Å². The minimum atomic E-state index is -0.357. The molecule has 3 rings (SSSR count). The second kappa shape index (κ2) is 8.88. The number of halogens is 1. The first kappa shape index (κ1) is 19.9. The number of methoxy groups -OCH3 is 1. The minimum absolute atomic E-state index is 0.0312. The van der Waals surface area contributed by atoms with Crippen LogP contribution in [0.3, 0.4) is 0 Å². The van der Waals surface area contributed by atoms with Crippen LogP contribution < -0.4 is 4.74 Å². The molecule has 3 aromatic rings. The van der Waals surface area contributed by atoms with Crippen molar-refractivity contribution in [2.24, 2.45) is 7.05 Å². The first-order chi connectivity index (χ1) is 13.5. The molecule has 0 spiro atoms. The summed E-state index contributed by atoms with van der Waals surface area (Å²) in [5.74, 6) is 1.04. The molecule has 0 radical (unpaired) electrons. The molecule has 2 aromatic carbocycles. The molecule has 0 fully saturated rings. The average molecular weight is 400 g/mol. The lowest BCUT2D eigenvalue weighted by Gasteiger charge is -2.17. The van der Waals surface area contributed by atoms with Crippen LogP contribution in [0.4, 0.5) is 4.39 Å². The van der Waals surface area contributed by atoms with Gasteiger partial charge in [-0.1, -0.05) is 36.0 Å². The molecule has 0 bridgehead atoms. The van der Waals surface area contributed by atoms with Gasteiger partial charge in [0.15, 0.2) is 11.0 Å². The molecule has 0 aliphatic rings. The Hall–Kier alpha value is -2.87. The van der Waals surface area contributed by atoms with Crippen molar-refractivity contribution < 1.29 is 13.9 Å². The van der Waals surface area contributed by atoms with E-state index in [9.17, 15) is 9.18 Å². The van der Waals surface area contributed by atoms with Crippen LogP contribution in [0.15, 0.2) is 53.7 Å². The van der Waals surface area contributed by atoms with Crippen molar-refractivity contribution in [3.05, 3.63) is 59.9 Å². The first-order valence-electron chi connectivity index (χ1n) is 8.63. The van der Waals surface area contributed by atoms with Crippen LogP contribution in [0.2, 0.25) is 0 Å². The maximum absolute atomic E-state index is 14.0. The highest BCUT2D eigenvalue weighted by Gasteiger charge is 2.16. The summed E-state index contributed by atoms with van der Waals surface area (Å²) < 4.78 is 20.8. The molecule has 1 aromatic heterocycles. The van der Waals surface area contributed by atoms with E-state index in [-0.39, 0.29) is 17.5 Å². The Kier molecular flexibility index (Phi) is 6.30. The van der Waals surface area contributed by atoms with Gasteiger partial charge < -0.3 is 14.2 Å². The van der Waals surface area contributed by atoms with Crippen LogP contribution in [-0.2, 0) is 18.4 Å². The zero-order valence-corrected chi connectivity index (χ0v) is 16.7. The SMILES string of the molecule is COc1ccc(CN(C)C(=O)CSc2nnc(-c3ccccc3F)n2C)cc1. The molecule has 0 aliphatic carbocycles. The maximum atomic E-state index is 14.0. The van der Waals surface area contributed by atoms with Crippen LogP contribution in [0.5, 0.6) is 5.75 Å². The van der Waals surface area contributed by atoms with Gasteiger partial charge in [-0.25, -0.2) is 4.39 Å². The number of hydrogen-bond donors (Lipinski definition) is 0. The van der Waals surface area contributed by atoms with Gasteiger partial charge in [0.05, 0.1) is 18.4 Å². The van der Waals surface area contributed by atoms with E-state index in [1.807, 2.05) is 24.3 Å². The van der Waals surface area contributed by atoms with E-state index in [0.29, 0.717) is 23.1 Å². The maximum Gasteiger partial charge on any atom is 0.233 e. The molecule has 1 amide bonds. The molecular weight excluding hydrogens is 379 g/mol. The Morgan fingerprint density at radius 2 is 1.89 bits per heavy atom. The molecule has 1 heterocycles. The molecule has 6 nitrogen and oxygen atoms in total. The smallest absolute Gasteiger partial charge is 0.233 e. The van der Waals surface area contributed by atoms with Crippen LogP contribution >= 0.6 is 11.8 Å². The Balaban J connectivity index is 1.60. The fourth-order valence-corrected chi connectivity index (χ4v) is 3.50. The van der Waals surface area contributed by atoms with Crippen LogP contribution in [0, 0.1) is 5.82 Å². The number of benzene rings is 2. The summed E-state index contributed by atoms with van der Waals surface area (Å²) in [4.78, 5) is 14.1. The van der Waals surface area contributed by atoms with Gasteiger partial charge in [0, 0.05) is 20.6 Å². The van der Waals surface area contributed by atoms with Crippen LogP contribution in [0.1, 0.15) is 5.56 Å². The van der Waals surface area contributed by atoms with Gasteiger partial charge in [-0.2, -0.15) is 0 Å². The van der Waals surface area contributed by atoms with Crippen molar-refractivity contribution >= 4 is 17.7 Å². The van der Waals surface area contributed by atoms with Gasteiger partial charge >= 0.3 is 0 Å². The molecule has 0 unspecified atom stereocenters. The summed E-state index contributed by atoms with van der Waals surface area (Å²) in [6.07, 6.45) is 0. The lowest BCUT2D eigenvalue weighted by molar-refractivity contribution is -0.127. The molecule has 0 atom stereocenters. The van der Waals surface area contributed by atoms with E-state index in [1.54, 1.807) is 48.9 Å². The highest BCUT2D eigenvalue weighted by Crippen LogP contribution is 2.24. The van der Waals surface area contributed by atoms with E-state index in [4.69, 9.17) is 4.74 Å². The fourth-order valence-electron chi connectivity index (χ4n) is 2.65. The van der Waals surface area contributed by atoms with E-state index in [2.05, 4.69) is 10.2 Å². The van der Waals surface area contributed by atoms with Crippen molar-refractivity contribution in [3.63, 3.8) is 0 Å². The Labute approximate surface area is 167 Å². The number of rotatable bonds is 7. The van der Waals surface area contributed by atoms with Gasteiger partial charge in [0.25, 0.3) is 0 Å². The molecule has 0 saturated carbocycles. The molecule has 28 heavy (non-hydrogen) atoms. The second-order valence-corrected chi connectivity index (χ2v) is 7.17. The third kappa shape index (κ3) is 4.51. The molecule has 146 valence electrons. The zero-order chi connectivity index (χ0) is 20.1. The van der Waals surface area contributed by atoms with E-state index >= 15 is 0 Å². The van der Waals surface area contributed by atoms with E-state index in [0.717, 1.165) is 11.3 Å². The summed E-state index contributed by atoms with van der Waals surface area (Å²) in [7, 11) is 5.14. The van der Waals surface area contributed by atoms with Gasteiger partial charge in [-0.15, -0.1) is 10.2 Å². The average Bonchev–Trinajstić information content (AvgIpc) is 3.07. The highest BCUT2D eigenvalue weighted by molar-refractivity contribution is 7.99. The van der Waals surface area contributed by atoms with Crippen LogP contribution in [0.25, 0.3) is 11.4 Å². The van der Waals surface area contributed by atoms with Gasteiger partial charge in [-0.05, 0) is 29.8 Å². The number of nitrogens with zero attached hydrogens (tertiary/aromatic N) is 4. The monoisotopic (exact) mass is 400 g/mol. The zero-order valence-electron chi connectivity index (χ0n) is 15.9. The normalized spacial score (nSPS) is 10.7. The molecule has 0 N–H and O–H groups in total. The lowest BCUT2D eigenvalue weighted by atomic mass is 10.2. The number of carbonyl (C=O) groups excluding carboxylic acids is 1. The molecular formula is C20H21FN4O2S. The predicted octanol–water partition coefficient (Wildman–Crippen LogP) is 3.38. The van der Waals surface area contributed by atoms with E-state index < -0.39 is 0 Å². The number of carbonyl (C=O) groups is 1. The van der Waals surface area contributed by atoms with Gasteiger partial charge in [0.2, 0.25) is 5.91 Å². The topological polar surface area (TPSA) is 60.2 Å². The van der Waals surface area contributed by atoms with E-state index in [1.165, 1.54) is 17.8 Å². The predicted molar refractivity (Wildman–Crippen MR) is 107 cm³/mol. The number of hydrogen-bond acceptors (Lipinski definition) is 5. The Morgan fingerprint density at radius 1 is 1.18 bits per heavy atom. The minimum Gasteiger partial charge on any atom is -0.497 e. The van der Waals surface area contributed by atoms with Crippen molar-refractivity contribution in [2.75, 3.05) is 19.9 Å². The summed E-state index contributed by atoms with van der Waals surface area (Å²) in [5.41, 5.74) is 1.40. The Morgan fingerprint density at radius 3 is 2.57 bits per heavy atom. The van der Waals surface area contributed by atoms with Crippen molar-refractivity contribution in [1.82, 2.24) is 19.7 Å². The molecule has 0 aliphatic heterocycles. The number of aromatic nitrogens is 3. The van der Waals surface area contributed by atoms with Gasteiger partial charge in [0.1, 0.15) is 11.6 Å². The van der Waals surface area contributed by atoms with Crippen molar-refractivity contribution in [1.29, 1.82) is 0 Å². The molecule has 8 heteroatoms. The summed E-state index contributed by atoms with van der Waals surface area (Å²) in [5, 5.41) is 8.72. The number of thioether (sulfide) groups is 1. The number of amides is 1. The van der Waals surface area contributed by atoms with Crippen LogP contribution in [-0.4, -0.2) is 45.5 Å². The summed E-state index contributed by atoms with van der Waals surface area (Å²) in [6, 6.07) is 14.0. The number of ether oxygens (including phenoxy) is 1. The van der Waals surface area contributed by atoms with Crippen molar-refractivity contribution in [3.8, 4) is 17.1 Å². The van der Waals surface area contributed by atoms with Gasteiger partial charge in [-0.3, -0.25) is 4.79 Å². The Bertz CT molecular complexity index is 959. The second-order valence-electron chi connectivity index (χ2n) is 6.23. The molecule has 0 saturated heterocycles. The first-order valence-corrected chi connectivity index (χ1v) is 9.62. The highest BCUT2D eigenvalue weighted by atomic mass is 32.2. The lowest BCUT2D eigenvalue weighted by Crippen LogP contribution is -2.27.